The fraction of sp³-hybridized carbons (Fsp3) is 0.250. The lowest BCUT2D eigenvalue weighted by Crippen LogP contribution is -1.96. The van der Waals surface area contributed by atoms with Gasteiger partial charge < -0.3 is 10.5 Å². The van der Waals surface area contributed by atoms with Crippen molar-refractivity contribution >= 4 is 21.6 Å². The minimum atomic E-state index is -0.390. The van der Waals surface area contributed by atoms with Crippen LogP contribution in [0.2, 0.25) is 0 Å². The topological polar surface area (TPSA) is 35.2 Å². The van der Waals surface area contributed by atoms with Crippen molar-refractivity contribution in [1.82, 2.24) is 0 Å². The molecule has 1 aliphatic heterocycles. The Labute approximate surface area is 77.6 Å². The molecule has 0 aliphatic carbocycles. The Morgan fingerprint density at radius 3 is 3.00 bits per heavy atom. The van der Waals surface area contributed by atoms with E-state index in [4.69, 9.17) is 10.5 Å². The average molecular weight is 232 g/mol. The molecule has 0 spiro atoms. The van der Waals surface area contributed by atoms with E-state index in [2.05, 4.69) is 15.9 Å². The van der Waals surface area contributed by atoms with Crippen LogP contribution in [0.1, 0.15) is 11.1 Å². The van der Waals surface area contributed by atoms with E-state index in [1.165, 1.54) is 0 Å². The number of nitrogen functional groups attached to an aromatic ring is 1. The molecular weight excluding hydrogens is 225 g/mol. The molecule has 0 saturated carbocycles. The van der Waals surface area contributed by atoms with Crippen LogP contribution < -0.4 is 5.73 Å². The maximum absolute atomic E-state index is 13.2. The third-order valence-electron chi connectivity index (χ3n) is 1.93. The van der Waals surface area contributed by atoms with Crippen molar-refractivity contribution in [3.63, 3.8) is 0 Å². The van der Waals surface area contributed by atoms with Gasteiger partial charge in [0.1, 0.15) is 0 Å². The lowest BCUT2D eigenvalue weighted by Gasteiger charge is -2.04. The van der Waals surface area contributed by atoms with E-state index in [9.17, 15) is 4.39 Å². The molecule has 1 heterocycles. The standard InChI is InChI=1S/C8H7BrFNO/c9-7-5-3-12-2-4(5)1-6(11)8(7)10/h1H,2-3,11H2. The van der Waals surface area contributed by atoms with E-state index < -0.39 is 0 Å². The van der Waals surface area contributed by atoms with E-state index in [1.54, 1.807) is 6.07 Å². The smallest absolute Gasteiger partial charge is 0.160 e. The van der Waals surface area contributed by atoms with Crippen LogP contribution in [0.25, 0.3) is 0 Å². The first-order valence-corrected chi connectivity index (χ1v) is 4.32. The van der Waals surface area contributed by atoms with E-state index >= 15 is 0 Å². The van der Waals surface area contributed by atoms with Crippen molar-refractivity contribution in [1.29, 1.82) is 0 Å². The summed E-state index contributed by atoms with van der Waals surface area (Å²) >= 11 is 3.15. The highest BCUT2D eigenvalue weighted by Crippen LogP contribution is 2.33. The van der Waals surface area contributed by atoms with Crippen LogP contribution in [-0.4, -0.2) is 0 Å². The van der Waals surface area contributed by atoms with Crippen LogP contribution in [0.15, 0.2) is 10.5 Å². The zero-order chi connectivity index (χ0) is 8.72. The Hall–Kier alpha value is -0.610. The second-order valence-corrected chi connectivity index (χ2v) is 3.52. The summed E-state index contributed by atoms with van der Waals surface area (Å²) in [4.78, 5) is 0. The molecule has 12 heavy (non-hydrogen) atoms. The van der Waals surface area contributed by atoms with Crippen LogP contribution in [0.4, 0.5) is 10.1 Å². The Bertz CT molecular complexity index is 340. The first-order chi connectivity index (χ1) is 5.70. The van der Waals surface area contributed by atoms with Crippen LogP contribution in [-0.2, 0) is 18.0 Å². The summed E-state index contributed by atoms with van der Waals surface area (Å²) in [5.74, 6) is -0.390. The van der Waals surface area contributed by atoms with E-state index in [1.807, 2.05) is 0 Å². The molecule has 64 valence electrons. The van der Waals surface area contributed by atoms with Gasteiger partial charge in [0.15, 0.2) is 5.82 Å². The number of hydrogen-bond donors (Lipinski definition) is 1. The van der Waals surface area contributed by atoms with E-state index in [0.717, 1.165) is 11.1 Å². The molecule has 1 aromatic carbocycles. The minimum absolute atomic E-state index is 0.172. The predicted octanol–water partition coefficient (Wildman–Crippen LogP) is 2.20. The monoisotopic (exact) mass is 231 g/mol. The molecule has 2 rings (SSSR count). The molecule has 0 aromatic heterocycles. The van der Waals surface area contributed by atoms with Crippen LogP contribution >= 0.6 is 15.9 Å². The van der Waals surface area contributed by atoms with Crippen LogP contribution in [0, 0.1) is 5.82 Å². The zero-order valence-corrected chi connectivity index (χ0v) is 7.82. The summed E-state index contributed by atoms with van der Waals surface area (Å²) in [5.41, 5.74) is 7.46. The number of anilines is 1. The van der Waals surface area contributed by atoms with Gasteiger partial charge >= 0.3 is 0 Å². The molecule has 0 saturated heterocycles. The predicted molar refractivity (Wildman–Crippen MR) is 47.0 cm³/mol. The number of nitrogens with two attached hydrogens (primary N) is 1. The van der Waals surface area contributed by atoms with Crippen molar-refractivity contribution in [3.05, 3.63) is 27.5 Å². The summed E-state index contributed by atoms with van der Waals surface area (Å²) in [6.07, 6.45) is 0. The lowest BCUT2D eigenvalue weighted by molar-refractivity contribution is 0.134. The largest absolute Gasteiger partial charge is 0.396 e. The summed E-state index contributed by atoms with van der Waals surface area (Å²) in [5, 5.41) is 0. The van der Waals surface area contributed by atoms with Gasteiger partial charge in [-0.25, -0.2) is 4.39 Å². The molecule has 0 unspecified atom stereocenters. The third kappa shape index (κ3) is 1.03. The molecular formula is C8H7BrFNO. The molecule has 0 radical (unpaired) electrons. The second-order valence-electron chi connectivity index (χ2n) is 2.72. The van der Waals surface area contributed by atoms with Gasteiger partial charge in [0.2, 0.25) is 0 Å². The summed E-state index contributed by atoms with van der Waals surface area (Å²) in [6.45, 7) is 0.992. The first kappa shape index (κ1) is 8.01. The first-order valence-electron chi connectivity index (χ1n) is 3.53. The van der Waals surface area contributed by atoms with Gasteiger partial charge in [-0.2, -0.15) is 0 Å². The Morgan fingerprint density at radius 1 is 1.50 bits per heavy atom. The van der Waals surface area contributed by atoms with Gasteiger partial charge in [-0.3, -0.25) is 0 Å². The van der Waals surface area contributed by atoms with Crippen molar-refractivity contribution in [2.75, 3.05) is 5.73 Å². The van der Waals surface area contributed by atoms with Gasteiger partial charge in [-0.05, 0) is 27.6 Å². The fourth-order valence-corrected chi connectivity index (χ4v) is 1.88. The molecule has 2 nitrogen and oxygen atoms in total. The molecule has 0 fully saturated rings. The second kappa shape index (κ2) is 2.71. The van der Waals surface area contributed by atoms with Gasteiger partial charge in [0, 0.05) is 5.56 Å². The van der Waals surface area contributed by atoms with Gasteiger partial charge in [0.05, 0.1) is 23.4 Å². The summed E-state index contributed by atoms with van der Waals surface area (Å²) in [6, 6.07) is 1.63. The van der Waals surface area contributed by atoms with Crippen LogP contribution in [0.3, 0.4) is 0 Å². The van der Waals surface area contributed by atoms with Gasteiger partial charge in [-0.15, -0.1) is 0 Å². The van der Waals surface area contributed by atoms with Crippen molar-refractivity contribution in [2.24, 2.45) is 0 Å². The lowest BCUT2D eigenvalue weighted by atomic mass is 10.1. The molecule has 0 bridgehead atoms. The molecule has 0 atom stereocenters. The minimum Gasteiger partial charge on any atom is -0.396 e. The maximum Gasteiger partial charge on any atom is 0.160 e. The van der Waals surface area contributed by atoms with E-state index in [-0.39, 0.29) is 11.5 Å². The molecule has 1 aliphatic rings. The number of hydrogen-bond acceptors (Lipinski definition) is 2. The van der Waals surface area contributed by atoms with Crippen molar-refractivity contribution in [2.45, 2.75) is 13.2 Å². The average Bonchev–Trinajstić information content (AvgIpc) is 2.48. The fourth-order valence-electron chi connectivity index (χ4n) is 1.29. The number of fused-ring (bicyclic) bond motifs is 1. The van der Waals surface area contributed by atoms with Crippen molar-refractivity contribution < 1.29 is 9.13 Å². The zero-order valence-electron chi connectivity index (χ0n) is 6.23. The third-order valence-corrected chi connectivity index (χ3v) is 2.76. The summed E-state index contributed by atoms with van der Waals surface area (Å²) < 4.78 is 18.8. The molecule has 0 amide bonds. The number of benzene rings is 1. The molecule has 2 N–H and O–H groups in total. The maximum atomic E-state index is 13.2. The summed E-state index contributed by atoms with van der Waals surface area (Å²) in [7, 11) is 0. The normalized spacial score (nSPS) is 14.8. The Kier molecular flexibility index (Phi) is 1.81. The molecule has 4 heteroatoms. The quantitative estimate of drug-likeness (QED) is 0.696. The van der Waals surface area contributed by atoms with Crippen LogP contribution in [0.5, 0.6) is 0 Å². The van der Waals surface area contributed by atoms with Gasteiger partial charge in [-0.1, -0.05) is 0 Å². The highest BCUT2D eigenvalue weighted by molar-refractivity contribution is 9.10. The highest BCUT2D eigenvalue weighted by Gasteiger charge is 2.19. The van der Waals surface area contributed by atoms with Gasteiger partial charge in [0.25, 0.3) is 0 Å². The Morgan fingerprint density at radius 2 is 2.25 bits per heavy atom. The molecule has 1 aromatic rings. The number of ether oxygens (including phenoxy) is 1. The van der Waals surface area contributed by atoms with Crippen molar-refractivity contribution in [3.8, 4) is 0 Å². The van der Waals surface area contributed by atoms with E-state index in [0.29, 0.717) is 17.7 Å². The Balaban J connectivity index is 2.67. The number of halogens is 2. The number of rotatable bonds is 0. The SMILES string of the molecule is Nc1cc2c(c(Br)c1F)COC2. The highest BCUT2D eigenvalue weighted by atomic mass is 79.9.